The Morgan fingerprint density at radius 2 is 1.58 bits per heavy atom. The van der Waals surface area contributed by atoms with E-state index in [-0.39, 0.29) is 0 Å². The van der Waals surface area contributed by atoms with Crippen molar-refractivity contribution in [2.24, 2.45) is 0 Å². The van der Waals surface area contributed by atoms with Crippen LogP contribution < -0.4 is 9.47 Å². The van der Waals surface area contributed by atoms with E-state index in [1.807, 2.05) is 0 Å². The third-order valence-electron chi connectivity index (χ3n) is 1.21. The summed E-state index contributed by atoms with van der Waals surface area (Å²) >= 11 is 3.62. The first-order chi connectivity index (χ1) is 5.86. The fourth-order valence-corrected chi connectivity index (χ4v) is 0.665. The molecule has 0 radical (unpaired) electrons. The molecule has 0 amide bonds. The number of methoxy groups -OCH3 is 2. The molecule has 0 aliphatic rings. The second kappa shape index (κ2) is 7.80. The maximum atomic E-state index is 4.95. The van der Waals surface area contributed by atoms with Crippen LogP contribution in [0.1, 0.15) is 0 Å². The molecule has 1 rings (SSSR count). The fraction of sp³-hybridized carbons (Fsp3) is 0.250. The summed E-state index contributed by atoms with van der Waals surface area (Å²) in [4.78, 5) is 0. The molecule has 2 nitrogen and oxygen atoms in total. The average molecular weight is 329 g/mol. The van der Waals surface area contributed by atoms with Crippen LogP contribution in [0.25, 0.3) is 0 Å². The van der Waals surface area contributed by atoms with E-state index in [1.54, 1.807) is 32.4 Å². The molecule has 0 aliphatic heterocycles. The molecule has 0 unspecified atom stereocenters. The summed E-state index contributed by atoms with van der Waals surface area (Å²) in [5, 5.41) is 0. The van der Waals surface area contributed by atoms with Gasteiger partial charge in [0.1, 0.15) is 0 Å². The van der Waals surface area contributed by atoms with Crippen LogP contribution in [0, 0.1) is 6.07 Å². The minimum absolute atomic E-state index is 0.763. The van der Waals surface area contributed by atoms with Crippen molar-refractivity contribution >= 4 is 19.8 Å². The minimum atomic E-state index is 0.763. The van der Waals surface area contributed by atoms with Gasteiger partial charge < -0.3 is 9.47 Å². The molecule has 12 heavy (non-hydrogen) atoms. The van der Waals surface area contributed by atoms with Crippen molar-refractivity contribution in [1.82, 2.24) is 0 Å². The van der Waals surface area contributed by atoms with Gasteiger partial charge in [0.25, 0.3) is 0 Å². The zero-order chi connectivity index (χ0) is 9.40. The molecule has 1 aromatic rings. The molecule has 0 N–H and O–H groups in total. The Balaban J connectivity index is 0.000000561. The van der Waals surface area contributed by atoms with Crippen LogP contribution >= 0.6 is 19.8 Å². The van der Waals surface area contributed by atoms with Crippen molar-refractivity contribution in [3.63, 3.8) is 0 Å². The first-order valence-corrected chi connectivity index (χ1v) is 12.3. The molecule has 0 aromatic heterocycles. The Bertz CT molecular complexity index is 199. The van der Waals surface area contributed by atoms with Crippen LogP contribution in [0.4, 0.5) is 0 Å². The Kier molecular flexibility index (Phi) is 7.92. The van der Waals surface area contributed by atoms with Gasteiger partial charge >= 0.3 is 34.5 Å². The van der Waals surface area contributed by atoms with Crippen molar-refractivity contribution in [3.8, 4) is 11.5 Å². The van der Waals surface area contributed by atoms with Crippen molar-refractivity contribution in [1.29, 1.82) is 0 Å². The van der Waals surface area contributed by atoms with Gasteiger partial charge in [0.2, 0.25) is 0 Å². The van der Waals surface area contributed by atoms with Gasteiger partial charge in [-0.1, -0.05) is 6.07 Å². The van der Waals surface area contributed by atoms with E-state index in [2.05, 4.69) is 25.8 Å². The van der Waals surface area contributed by atoms with Crippen LogP contribution in [-0.4, -0.2) is 14.2 Å². The van der Waals surface area contributed by atoms with E-state index < -0.39 is 0 Å². The molecule has 0 bridgehead atoms. The molecule has 0 spiro atoms. The molecule has 0 heterocycles. The van der Waals surface area contributed by atoms with Crippen molar-refractivity contribution in [2.75, 3.05) is 14.2 Å². The zero-order valence-electron chi connectivity index (χ0n) is 7.13. The van der Waals surface area contributed by atoms with Gasteiger partial charge in [-0.3, -0.25) is 0 Å². The van der Waals surface area contributed by atoms with Gasteiger partial charge in [-0.05, 0) is 0 Å². The summed E-state index contributed by atoms with van der Waals surface area (Å²) in [6, 6.07) is 8.19. The molecule has 0 atom stereocenters. The molecule has 0 aliphatic carbocycles. The van der Waals surface area contributed by atoms with E-state index in [4.69, 9.17) is 9.47 Å². The Labute approximate surface area is 93.5 Å². The number of halogens is 1. The maximum absolute atomic E-state index is 4.95. The van der Waals surface area contributed by atoms with Gasteiger partial charge in [0.15, 0.2) is 0 Å². The molecule has 0 fully saturated rings. The van der Waals surface area contributed by atoms with Crippen LogP contribution in [0.3, 0.4) is 0 Å². The van der Waals surface area contributed by atoms with Crippen LogP contribution in [0.2, 0.25) is 0 Å². The standard InChI is InChI=1S/C8H9O2.HI.Zn/c1-9-7-4-3-5-8(6-7)10-2;;/h4-6H,1-2H3;1H;/q-1;;+2/p-1. The summed E-state index contributed by atoms with van der Waals surface area (Å²) in [6.45, 7) is 0. The number of ether oxygens (including phenoxy) is 2. The third kappa shape index (κ3) is 4.26. The Hall–Kier alpha value is 0.173. The summed E-state index contributed by atoms with van der Waals surface area (Å²) < 4.78 is 9.89. The molecule has 4 heteroatoms. The SMILES string of the molecule is COc1c[c-]cc(OC)c1.[Zn+][I]. The van der Waals surface area contributed by atoms with Gasteiger partial charge in [-0.15, -0.1) is 12.1 Å². The van der Waals surface area contributed by atoms with E-state index in [1.165, 1.54) is 14.8 Å². The molecular weight excluding hydrogens is 320 g/mol. The van der Waals surface area contributed by atoms with Gasteiger partial charge in [0, 0.05) is 11.5 Å². The second-order valence-electron chi connectivity index (χ2n) is 1.81. The number of rotatable bonds is 2. The Morgan fingerprint density at radius 3 is 1.92 bits per heavy atom. The summed E-state index contributed by atoms with van der Waals surface area (Å²) in [6.07, 6.45) is 0. The van der Waals surface area contributed by atoms with Crippen LogP contribution in [-0.2, 0) is 14.8 Å². The summed E-state index contributed by atoms with van der Waals surface area (Å²) in [5.74, 6) is 1.53. The predicted octanol–water partition coefficient (Wildman–Crippen LogP) is 2.39. The van der Waals surface area contributed by atoms with Crippen molar-refractivity contribution in [3.05, 3.63) is 24.3 Å². The summed E-state index contributed by atoms with van der Waals surface area (Å²) in [7, 11) is 3.23. The van der Waals surface area contributed by atoms with Gasteiger partial charge in [-0.2, -0.15) is 6.07 Å². The molecular formula is C8H9IO2Zn. The first kappa shape index (κ1) is 12.2. The predicted molar refractivity (Wildman–Crippen MR) is 52.4 cm³/mol. The van der Waals surface area contributed by atoms with E-state index in [0.29, 0.717) is 0 Å². The number of benzene rings is 1. The first-order valence-electron chi connectivity index (χ1n) is 3.22. The van der Waals surface area contributed by atoms with Crippen LogP contribution in [0.5, 0.6) is 11.5 Å². The average Bonchev–Trinajstić information content (AvgIpc) is 2.21. The van der Waals surface area contributed by atoms with Crippen LogP contribution in [0.15, 0.2) is 18.2 Å². The van der Waals surface area contributed by atoms with E-state index in [9.17, 15) is 0 Å². The van der Waals surface area contributed by atoms with Crippen molar-refractivity contribution < 1.29 is 24.3 Å². The van der Waals surface area contributed by atoms with Gasteiger partial charge in [0.05, 0.1) is 14.2 Å². The quantitative estimate of drug-likeness (QED) is 0.471. The molecule has 62 valence electrons. The second-order valence-corrected chi connectivity index (χ2v) is 1.81. The third-order valence-corrected chi connectivity index (χ3v) is 1.21. The van der Waals surface area contributed by atoms with E-state index in [0.717, 1.165) is 11.5 Å². The zero-order valence-corrected chi connectivity index (χ0v) is 12.3. The Morgan fingerprint density at radius 1 is 1.17 bits per heavy atom. The molecule has 0 saturated carbocycles. The van der Waals surface area contributed by atoms with Gasteiger partial charge in [-0.25, -0.2) is 0 Å². The number of hydrogen-bond acceptors (Lipinski definition) is 2. The van der Waals surface area contributed by atoms with E-state index >= 15 is 0 Å². The molecule has 1 aromatic carbocycles. The number of hydrogen-bond donors (Lipinski definition) is 0. The normalized spacial score (nSPS) is 8.08. The molecule has 0 saturated heterocycles. The summed E-state index contributed by atoms with van der Waals surface area (Å²) in [5.41, 5.74) is 0. The fourth-order valence-electron chi connectivity index (χ4n) is 0.665. The topological polar surface area (TPSA) is 18.5 Å². The monoisotopic (exact) mass is 328 g/mol. The van der Waals surface area contributed by atoms with Crippen molar-refractivity contribution in [2.45, 2.75) is 0 Å².